The number of allylic oxidation sites excluding steroid dienone is 17. The summed E-state index contributed by atoms with van der Waals surface area (Å²) in [4.78, 5) is 23.2. The Morgan fingerprint density at radius 3 is 1.39 bits per heavy atom. The SMILES string of the molecule is CC/C=C\C/C=C\C/C=C\C/C=C\C/C=C\C/C=C\CCCCCCCCCCCCC(=O)NC(COP(=O)(O)OCC[N+](C)(C)C)C(O)/C=C/CC/C=C/CC/C=C/CCCCCCC. The first kappa shape index (κ1) is 63.2. The van der Waals surface area contributed by atoms with Gasteiger partial charge < -0.3 is 19.8 Å². The molecule has 0 bridgehead atoms. The molecule has 378 valence electrons. The van der Waals surface area contributed by atoms with Gasteiger partial charge in [0.05, 0.1) is 39.9 Å². The van der Waals surface area contributed by atoms with Gasteiger partial charge >= 0.3 is 7.82 Å². The third-order valence-corrected chi connectivity index (χ3v) is 11.9. The quantitative estimate of drug-likeness (QED) is 0.0243. The molecular weight excluding hydrogens is 840 g/mol. The van der Waals surface area contributed by atoms with Crippen molar-refractivity contribution in [2.24, 2.45) is 0 Å². The summed E-state index contributed by atoms with van der Waals surface area (Å²) in [6, 6.07) is -0.879. The number of phosphoric acid groups is 1. The average molecular weight is 940 g/mol. The molecule has 0 fully saturated rings. The number of nitrogens with one attached hydrogen (secondary N) is 1. The van der Waals surface area contributed by atoms with Gasteiger partial charge in [-0.2, -0.15) is 0 Å². The van der Waals surface area contributed by atoms with Gasteiger partial charge in [0.25, 0.3) is 0 Å². The van der Waals surface area contributed by atoms with Gasteiger partial charge in [0, 0.05) is 6.42 Å². The normalized spacial score (nSPS) is 15.0. The number of aliphatic hydroxyl groups is 1. The van der Waals surface area contributed by atoms with Gasteiger partial charge in [0.2, 0.25) is 5.91 Å². The van der Waals surface area contributed by atoms with Crippen LogP contribution < -0.4 is 5.32 Å². The van der Waals surface area contributed by atoms with Crippen molar-refractivity contribution in [1.29, 1.82) is 0 Å². The summed E-state index contributed by atoms with van der Waals surface area (Å²) in [5.74, 6) is -0.202. The Bertz CT molecular complexity index is 1440. The molecule has 8 nitrogen and oxygen atoms in total. The van der Waals surface area contributed by atoms with Crippen molar-refractivity contribution in [3.05, 3.63) is 109 Å². The van der Waals surface area contributed by atoms with Gasteiger partial charge in [-0.25, -0.2) is 4.57 Å². The summed E-state index contributed by atoms with van der Waals surface area (Å²) in [6.45, 7) is 4.63. The van der Waals surface area contributed by atoms with E-state index in [0.29, 0.717) is 17.4 Å². The lowest BCUT2D eigenvalue weighted by Gasteiger charge is -2.25. The van der Waals surface area contributed by atoms with E-state index in [1.165, 1.54) is 83.5 Å². The molecule has 0 aromatic carbocycles. The zero-order chi connectivity index (χ0) is 48.5. The predicted octanol–water partition coefficient (Wildman–Crippen LogP) is 15.6. The van der Waals surface area contributed by atoms with E-state index in [0.717, 1.165) is 89.9 Å². The van der Waals surface area contributed by atoms with Crippen LogP contribution in [0.4, 0.5) is 0 Å². The Balaban J connectivity index is 4.29. The van der Waals surface area contributed by atoms with Crippen LogP contribution in [0.5, 0.6) is 0 Å². The number of unbranched alkanes of at least 4 members (excludes halogenated alkanes) is 17. The summed E-state index contributed by atoms with van der Waals surface area (Å²) in [5.41, 5.74) is 0. The van der Waals surface area contributed by atoms with Crippen LogP contribution in [0.3, 0.4) is 0 Å². The Kier molecular flexibility index (Phi) is 45.2. The summed E-state index contributed by atoms with van der Waals surface area (Å²) in [5, 5.41) is 13.8. The van der Waals surface area contributed by atoms with E-state index in [9.17, 15) is 19.4 Å². The van der Waals surface area contributed by atoms with E-state index < -0.39 is 20.0 Å². The number of nitrogens with zero attached hydrogens (tertiary/aromatic N) is 1. The number of hydrogen-bond donors (Lipinski definition) is 3. The van der Waals surface area contributed by atoms with Crippen molar-refractivity contribution < 1.29 is 32.9 Å². The summed E-state index contributed by atoms with van der Waals surface area (Å²) in [6.07, 6.45) is 68.9. The Hall–Kier alpha value is -2.84. The topological polar surface area (TPSA) is 105 Å². The lowest BCUT2D eigenvalue weighted by Crippen LogP contribution is -2.45. The molecule has 0 saturated heterocycles. The number of aliphatic hydroxyl groups excluding tert-OH is 1. The van der Waals surface area contributed by atoms with E-state index in [2.05, 4.69) is 116 Å². The predicted molar refractivity (Wildman–Crippen MR) is 285 cm³/mol. The van der Waals surface area contributed by atoms with Crippen molar-refractivity contribution in [2.75, 3.05) is 40.9 Å². The molecule has 9 heteroatoms. The molecule has 0 spiro atoms. The first-order valence-electron chi connectivity index (χ1n) is 26.3. The highest BCUT2D eigenvalue weighted by atomic mass is 31.2. The number of quaternary nitrogens is 1. The van der Waals surface area contributed by atoms with Crippen LogP contribution in [0.15, 0.2) is 109 Å². The Labute approximate surface area is 406 Å². The van der Waals surface area contributed by atoms with E-state index in [4.69, 9.17) is 9.05 Å². The number of carbonyl (C=O) groups excluding carboxylic acids is 1. The Morgan fingerprint density at radius 1 is 0.530 bits per heavy atom. The van der Waals surface area contributed by atoms with Crippen molar-refractivity contribution >= 4 is 13.7 Å². The molecule has 3 atom stereocenters. The van der Waals surface area contributed by atoms with Gasteiger partial charge in [-0.1, -0.05) is 200 Å². The fourth-order valence-corrected chi connectivity index (χ4v) is 7.58. The van der Waals surface area contributed by atoms with E-state index >= 15 is 0 Å². The average Bonchev–Trinajstić information content (AvgIpc) is 3.28. The van der Waals surface area contributed by atoms with Gasteiger partial charge in [0.15, 0.2) is 0 Å². The second-order valence-corrected chi connectivity index (χ2v) is 19.9. The second-order valence-electron chi connectivity index (χ2n) is 18.5. The number of amides is 1. The number of likely N-dealkylation sites (N-methyl/N-ethyl adjacent to an activating group) is 1. The van der Waals surface area contributed by atoms with Crippen molar-refractivity contribution in [1.82, 2.24) is 5.32 Å². The standard InChI is InChI=1S/C57H99N2O6P/c1-6-8-10-12-14-16-18-20-22-23-24-25-26-27-28-29-30-31-32-33-34-35-37-39-41-43-45-47-49-51-57(61)58-55(54-65-66(62,63)64-53-52-59(3,4)5)56(60)50-48-46-44-42-40-38-36-21-19-17-15-13-11-9-7-2/h8,10,14,16,19-22,24-25,27-28,30-31,40,42,48,50,55-56,60H,6-7,9,11-13,15,17-18,23,26,29,32-39,41,43-47,49,51-54H2,1-5H3,(H-,58,61,62,63)/p+1/b10-8-,16-14-,21-19+,22-20-,25-24-,28-27-,31-30-,42-40+,50-48+. The monoisotopic (exact) mass is 940 g/mol. The highest BCUT2D eigenvalue weighted by Crippen LogP contribution is 2.43. The third kappa shape index (κ3) is 49.1. The minimum Gasteiger partial charge on any atom is -0.387 e. The van der Waals surface area contributed by atoms with Crippen LogP contribution in [0.2, 0.25) is 0 Å². The van der Waals surface area contributed by atoms with Crippen LogP contribution in [0.1, 0.15) is 194 Å². The molecule has 1 amide bonds. The molecule has 0 aromatic rings. The fourth-order valence-electron chi connectivity index (χ4n) is 6.84. The van der Waals surface area contributed by atoms with Crippen LogP contribution in [-0.4, -0.2) is 73.4 Å². The molecule has 0 heterocycles. The van der Waals surface area contributed by atoms with E-state index in [-0.39, 0.29) is 19.1 Å². The zero-order valence-electron chi connectivity index (χ0n) is 42.9. The highest BCUT2D eigenvalue weighted by Gasteiger charge is 2.27. The molecule has 0 saturated carbocycles. The lowest BCUT2D eigenvalue weighted by atomic mass is 10.0. The second kappa shape index (κ2) is 47.2. The lowest BCUT2D eigenvalue weighted by molar-refractivity contribution is -0.870. The molecule has 3 N–H and O–H groups in total. The van der Waals surface area contributed by atoms with Crippen molar-refractivity contribution in [3.8, 4) is 0 Å². The number of phosphoric ester groups is 1. The summed E-state index contributed by atoms with van der Waals surface area (Å²) in [7, 11) is 1.53. The van der Waals surface area contributed by atoms with Gasteiger partial charge in [-0.15, -0.1) is 0 Å². The largest absolute Gasteiger partial charge is 0.472 e. The molecule has 0 rings (SSSR count). The first-order chi connectivity index (χ1) is 32.0. The smallest absolute Gasteiger partial charge is 0.387 e. The molecule has 0 aliphatic rings. The van der Waals surface area contributed by atoms with Crippen molar-refractivity contribution in [2.45, 2.75) is 206 Å². The molecular formula is C57H100N2O6P+. The van der Waals surface area contributed by atoms with Crippen LogP contribution in [0, 0.1) is 0 Å². The van der Waals surface area contributed by atoms with Gasteiger partial charge in [-0.3, -0.25) is 13.8 Å². The summed E-state index contributed by atoms with van der Waals surface area (Å²) < 4.78 is 23.6. The first-order valence-corrected chi connectivity index (χ1v) is 27.8. The molecule has 0 aromatic heterocycles. The maximum absolute atomic E-state index is 12.9. The van der Waals surface area contributed by atoms with Crippen molar-refractivity contribution in [3.63, 3.8) is 0 Å². The minimum absolute atomic E-state index is 0.0470. The minimum atomic E-state index is -4.36. The highest BCUT2D eigenvalue weighted by molar-refractivity contribution is 7.47. The number of hydrogen-bond acceptors (Lipinski definition) is 5. The maximum atomic E-state index is 12.9. The van der Waals surface area contributed by atoms with E-state index in [1.54, 1.807) is 6.08 Å². The fraction of sp³-hybridized carbons (Fsp3) is 0.667. The maximum Gasteiger partial charge on any atom is 0.472 e. The number of carbonyl (C=O) groups is 1. The van der Waals surface area contributed by atoms with Crippen LogP contribution in [-0.2, 0) is 18.4 Å². The third-order valence-electron chi connectivity index (χ3n) is 11.0. The van der Waals surface area contributed by atoms with Crippen LogP contribution >= 0.6 is 7.82 Å². The van der Waals surface area contributed by atoms with Gasteiger partial charge in [-0.05, 0) is 96.3 Å². The molecule has 0 aliphatic heterocycles. The summed E-state index contributed by atoms with van der Waals surface area (Å²) >= 11 is 0. The Morgan fingerprint density at radius 2 is 0.924 bits per heavy atom. The molecule has 0 aliphatic carbocycles. The van der Waals surface area contributed by atoms with Gasteiger partial charge in [0.1, 0.15) is 13.2 Å². The zero-order valence-corrected chi connectivity index (χ0v) is 43.8. The molecule has 3 unspecified atom stereocenters. The molecule has 66 heavy (non-hydrogen) atoms. The van der Waals surface area contributed by atoms with Crippen LogP contribution in [0.25, 0.3) is 0 Å². The van der Waals surface area contributed by atoms with E-state index in [1.807, 2.05) is 27.2 Å². The number of rotatable bonds is 46. The molecule has 0 radical (unpaired) electrons.